The van der Waals surface area contributed by atoms with Crippen molar-refractivity contribution in [2.45, 2.75) is 13.1 Å². The molecule has 0 aliphatic heterocycles. The highest BCUT2D eigenvalue weighted by molar-refractivity contribution is 6.04. The van der Waals surface area contributed by atoms with Crippen molar-refractivity contribution in [2.75, 3.05) is 12.4 Å². The van der Waals surface area contributed by atoms with Gasteiger partial charge in [-0.1, -0.05) is 6.07 Å². The summed E-state index contributed by atoms with van der Waals surface area (Å²) < 4.78 is 42.8. The van der Waals surface area contributed by atoms with Crippen molar-refractivity contribution in [3.05, 3.63) is 65.6 Å². The second-order valence-corrected chi connectivity index (χ2v) is 5.85. The van der Waals surface area contributed by atoms with E-state index in [1.54, 1.807) is 19.1 Å². The van der Waals surface area contributed by atoms with E-state index in [2.05, 4.69) is 20.3 Å². The number of anilines is 1. The molecule has 0 aliphatic carbocycles. The number of carbonyl (C=O) groups excluding carboxylic acids is 1. The van der Waals surface area contributed by atoms with Crippen LogP contribution in [-0.4, -0.2) is 28.0 Å². The minimum absolute atomic E-state index is 0.146. The van der Waals surface area contributed by atoms with Crippen molar-refractivity contribution in [2.24, 2.45) is 0 Å². The number of aromatic nitrogens is 3. The number of ether oxygens (including phenoxy) is 1. The number of benzene rings is 1. The average Bonchev–Trinajstić information content (AvgIpc) is 2.68. The van der Waals surface area contributed by atoms with Gasteiger partial charge in [-0.25, -0.2) is 15.0 Å². The molecule has 9 heteroatoms. The molecule has 144 valence electrons. The molecule has 1 N–H and O–H groups in total. The molecule has 0 fully saturated rings. The summed E-state index contributed by atoms with van der Waals surface area (Å²) in [6.45, 7) is 1.71. The molecule has 3 aromatic rings. The maximum atomic E-state index is 12.6. The van der Waals surface area contributed by atoms with E-state index in [1.807, 2.05) is 0 Å². The zero-order valence-corrected chi connectivity index (χ0v) is 14.9. The molecule has 0 bridgehead atoms. The maximum Gasteiger partial charge on any atom is 0.416 e. The van der Waals surface area contributed by atoms with Gasteiger partial charge in [0.1, 0.15) is 5.69 Å². The number of hydrogen-bond donors (Lipinski definition) is 1. The molecule has 28 heavy (non-hydrogen) atoms. The van der Waals surface area contributed by atoms with Crippen molar-refractivity contribution in [1.29, 1.82) is 0 Å². The first-order valence-electron chi connectivity index (χ1n) is 8.10. The van der Waals surface area contributed by atoms with Crippen LogP contribution < -0.4 is 10.1 Å². The van der Waals surface area contributed by atoms with Gasteiger partial charge < -0.3 is 10.1 Å². The van der Waals surface area contributed by atoms with Crippen molar-refractivity contribution in [3.8, 4) is 17.3 Å². The molecular formula is C19H15F3N4O2. The second-order valence-electron chi connectivity index (χ2n) is 5.85. The predicted octanol–water partition coefficient (Wildman–Crippen LogP) is 4.13. The Bertz CT molecular complexity index is 988. The topological polar surface area (TPSA) is 77.0 Å². The molecule has 0 spiro atoms. The van der Waals surface area contributed by atoms with E-state index in [-0.39, 0.29) is 17.4 Å². The highest BCUT2D eigenvalue weighted by Crippen LogP contribution is 2.30. The minimum Gasteiger partial charge on any atom is -0.467 e. The third-order valence-corrected chi connectivity index (χ3v) is 3.89. The van der Waals surface area contributed by atoms with Crippen LogP contribution in [0.15, 0.2) is 48.8 Å². The monoisotopic (exact) mass is 388 g/mol. The Morgan fingerprint density at radius 1 is 1.04 bits per heavy atom. The van der Waals surface area contributed by atoms with Gasteiger partial charge >= 0.3 is 12.2 Å². The van der Waals surface area contributed by atoms with Crippen LogP contribution in [0.5, 0.6) is 6.01 Å². The van der Waals surface area contributed by atoms with Crippen LogP contribution in [0.2, 0.25) is 0 Å². The van der Waals surface area contributed by atoms with Gasteiger partial charge in [0.25, 0.3) is 5.91 Å². The first-order chi connectivity index (χ1) is 13.3. The molecule has 0 radical (unpaired) electrons. The van der Waals surface area contributed by atoms with Crippen LogP contribution in [0, 0.1) is 6.92 Å². The van der Waals surface area contributed by atoms with E-state index in [0.29, 0.717) is 16.8 Å². The maximum absolute atomic E-state index is 12.6. The first kappa shape index (κ1) is 19.3. The van der Waals surface area contributed by atoms with Gasteiger partial charge in [0.2, 0.25) is 0 Å². The molecule has 1 aromatic carbocycles. The number of rotatable bonds is 4. The quantitative estimate of drug-likeness (QED) is 0.727. The molecule has 0 saturated heterocycles. The van der Waals surface area contributed by atoms with E-state index >= 15 is 0 Å². The van der Waals surface area contributed by atoms with Crippen LogP contribution in [0.1, 0.15) is 21.6 Å². The highest BCUT2D eigenvalue weighted by Gasteiger charge is 2.30. The lowest BCUT2D eigenvalue weighted by molar-refractivity contribution is -0.137. The summed E-state index contributed by atoms with van der Waals surface area (Å²) in [4.78, 5) is 24.9. The normalized spacial score (nSPS) is 11.2. The lowest BCUT2D eigenvalue weighted by atomic mass is 10.1. The Hall–Kier alpha value is -3.49. The van der Waals surface area contributed by atoms with Crippen LogP contribution in [0.4, 0.5) is 18.9 Å². The van der Waals surface area contributed by atoms with Crippen LogP contribution in [0.25, 0.3) is 11.3 Å². The summed E-state index contributed by atoms with van der Waals surface area (Å²) in [7, 11) is 1.45. The predicted molar refractivity (Wildman–Crippen MR) is 95.9 cm³/mol. The fraction of sp³-hybridized carbons (Fsp3) is 0.158. The van der Waals surface area contributed by atoms with Crippen molar-refractivity contribution >= 4 is 11.6 Å². The summed E-state index contributed by atoms with van der Waals surface area (Å²) in [5, 5.41) is 2.55. The summed E-state index contributed by atoms with van der Waals surface area (Å²) in [6.07, 6.45) is -1.41. The number of methoxy groups -OCH3 is 1. The standard InChI is InChI=1S/C19H15F3N4O2/c1-11-3-8-15(12-9-23-18(28-2)24-10-12)26-16(11)17(27)25-14-6-4-13(5-7-14)19(20,21)22/h3-10H,1-2H3,(H,25,27). The molecular weight excluding hydrogens is 373 g/mol. The molecule has 0 atom stereocenters. The van der Waals surface area contributed by atoms with Gasteiger partial charge in [0.05, 0.1) is 18.4 Å². The summed E-state index contributed by atoms with van der Waals surface area (Å²) in [5.74, 6) is -0.534. The van der Waals surface area contributed by atoms with Gasteiger partial charge in [-0.3, -0.25) is 4.79 Å². The summed E-state index contributed by atoms with van der Waals surface area (Å²) >= 11 is 0. The van der Waals surface area contributed by atoms with Crippen LogP contribution in [0.3, 0.4) is 0 Å². The molecule has 1 amide bonds. The van der Waals surface area contributed by atoms with Gasteiger partial charge in [0, 0.05) is 23.6 Å². The Morgan fingerprint density at radius 3 is 2.25 bits per heavy atom. The Labute approximate surface area is 158 Å². The highest BCUT2D eigenvalue weighted by atomic mass is 19.4. The van der Waals surface area contributed by atoms with Gasteiger partial charge in [-0.05, 0) is 42.8 Å². The van der Waals surface area contributed by atoms with Gasteiger partial charge in [0.15, 0.2) is 0 Å². The third kappa shape index (κ3) is 4.25. The molecule has 6 nitrogen and oxygen atoms in total. The molecule has 2 heterocycles. The Morgan fingerprint density at radius 2 is 1.68 bits per heavy atom. The number of aryl methyl sites for hydroxylation is 1. The number of halogens is 3. The number of amides is 1. The second kappa shape index (κ2) is 7.63. The fourth-order valence-electron chi connectivity index (χ4n) is 2.41. The zero-order valence-electron chi connectivity index (χ0n) is 14.9. The SMILES string of the molecule is COc1ncc(-c2ccc(C)c(C(=O)Nc3ccc(C(F)(F)F)cc3)n2)cn1. The minimum atomic E-state index is -4.44. The van der Waals surface area contributed by atoms with Crippen molar-refractivity contribution in [3.63, 3.8) is 0 Å². The number of nitrogens with zero attached hydrogens (tertiary/aromatic N) is 3. The third-order valence-electron chi connectivity index (χ3n) is 3.89. The Balaban J connectivity index is 1.83. The largest absolute Gasteiger partial charge is 0.467 e. The van der Waals surface area contributed by atoms with E-state index in [0.717, 1.165) is 12.1 Å². The number of pyridine rings is 1. The van der Waals surface area contributed by atoms with Gasteiger partial charge in [-0.2, -0.15) is 13.2 Å². The van der Waals surface area contributed by atoms with Crippen molar-refractivity contribution in [1.82, 2.24) is 15.0 Å². The summed E-state index contributed by atoms with van der Waals surface area (Å²) in [5.41, 5.74) is 1.27. The van der Waals surface area contributed by atoms with Crippen molar-refractivity contribution < 1.29 is 22.7 Å². The summed E-state index contributed by atoms with van der Waals surface area (Å²) in [6, 6.07) is 7.83. The van der Waals surface area contributed by atoms with E-state index in [1.165, 1.54) is 31.6 Å². The number of alkyl halides is 3. The Kier molecular flexibility index (Phi) is 5.25. The van der Waals surface area contributed by atoms with Crippen LogP contribution >= 0.6 is 0 Å². The van der Waals surface area contributed by atoms with Gasteiger partial charge in [-0.15, -0.1) is 0 Å². The molecule has 2 aromatic heterocycles. The molecule has 0 aliphatic rings. The fourth-order valence-corrected chi connectivity index (χ4v) is 2.41. The van der Waals surface area contributed by atoms with E-state index in [9.17, 15) is 18.0 Å². The number of nitrogens with one attached hydrogen (secondary N) is 1. The lowest BCUT2D eigenvalue weighted by Gasteiger charge is -2.10. The number of hydrogen-bond acceptors (Lipinski definition) is 5. The number of carbonyl (C=O) groups is 1. The molecule has 0 unspecified atom stereocenters. The molecule has 3 rings (SSSR count). The average molecular weight is 388 g/mol. The van der Waals surface area contributed by atoms with E-state index < -0.39 is 17.6 Å². The first-order valence-corrected chi connectivity index (χ1v) is 8.10. The smallest absolute Gasteiger partial charge is 0.416 e. The van der Waals surface area contributed by atoms with Crippen LogP contribution in [-0.2, 0) is 6.18 Å². The lowest BCUT2D eigenvalue weighted by Crippen LogP contribution is -2.16. The molecule has 0 saturated carbocycles. The van der Waals surface area contributed by atoms with E-state index in [4.69, 9.17) is 4.74 Å². The zero-order chi connectivity index (χ0) is 20.3.